The lowest BCUT2D eigenvalue weighted by Gasteiger charge is -2.38. The van der Waals surface area contributed by atoms with E-state index in [0.717, 1.165) is 0 Å². The fraction of sp³-hybridized carbons (Fsp3) is 0.389. The van der Waals surface area contributed by atoms with E-state index in [1.165, 1.54) is 55.9 Å². The maximum atomic E-state index is 15.6. The third-order valence-electron chi connectivity index (χ3n) is 8.96. The molecule has 0 saturated carbocycles. The molecule has 1 amide bonds. The van der Waals surface area contributed by atoms with Gasteiger partial charge in [-0.25, -0.2) is 22.4 Å². The van der Waals surface area contributed by atoms with Crippen molar-refractivity contribution in [1.82, 2.24) is 14.9 Å². The van der Waals surface area contributed by atoms with Crippen LogP contribution in [0, 0.1) is 19.7 Å². The van der Waals surface area contributed by atoms with Crippen molar-refractivity contribution >= 4 is 28.5 Å². The van der Waals surface area contributed by atoms with Gasteiger partial charge in [-0.05, 0) is 56.2 Å². The van der Waals surface area contributed by atoms with Gasteiger partial charge in [0.1, 0.15) is 11.9 Å². The summed E-state index contributed by atoms with van der Waals surface area (Å²) in [4.78, 5) is 45.4. The molecule has 1 fully saturated rings. The number of carbonyl (C=O) groups excluding carboxylic acids is 1. The number of aromatic nitrogens is 2. The minimum absolute atomic E-state index is 0.147. The van der Waals surface area contributed by atoms with Crippen molar-refractivity contribution in [2.24, 2.45) is 7.05 Å². The van der Waals surface area contributed by atoms with E-state index >= 15 is 4.39 Å². The highest BCUT2D eigenvalue weighted by Gasteiger charge is 2.33. The molecule has 260 valence electrons. The Bertz CT molecular complexity index is 1950. The topological polar surface area (TPSA) is 114 Å². The molecule has 4 aromatic rings. The van der Waals surface area contributed by atoms with Gasteiger partial charge in [-0.3, -0.25) is 14.6 Å². The first-order valence-corrected chi connectivity index (χ1v) is 15.9. The molecule has 0 radical (unpaired) electrons. The quantitative estimate of drug-likeness (QED) is 0.202. The van der Waals surface area contributed by atoms with E-state index in [2.05, 4.69) is 10.3 Å². The van der Waals surface area contributed by atoms with Gasteiger partial charge in [0.15, 0.2) is 0 Å². The molecule has 0 spiro atoms. The Morgan fingerprint density at radius 2 is 1.92 bits per heavy atom. The first-order valence-electron chi connectivity index (χ1n) is 15.9. The molecule has 3 heterocycles. The van der Waals surface area contributed by atoms with Gasteiger partial charge in [0.25, 0.3) is 17.4 Å². The van der Waals surface area contributed by atoms with Crippen molar-refractivity contribution in [3.05, 3.63) is 92.8 Å². The van der Waals surface area contributed by atoms with Gasteiger partial charge in [-0.15, -0.1) is 0 Å². The molecule has 1 aliphatic heterocycles. The molecule has 0 aliphatic carbocycles. The lowest BCUT2D eigenvalue weighted by atomic mass is 9.91. The molecule has 49 heavy (non-hydrogen) atoms. The summed E-state index contributed by atoms with van der Waals surface area (Å²) in [5.41, 5.74) is 0.151. The van der Waals surface area contributed by atoms with Crippen molar-refractivity contribution in [2.45, 2.75) is 64.7 Å². The highest BCUT2D eigenvalue weighted by Crippen LogP contribution is 2.37. The molecule has 1 aliphatic rings. The standard InChI is InChI=1S/C36H38F4N4O5/c1-19-13-23(44-11-12-49-18-24(44)14-20(2)37)17-28(38)30(19)33(45)42-29(35(47)48)16-22-8-9-26(32-25(22)7-6-10-41-32)31-27(36(4,39)40)15-21(3)43(5)34(31)46/h6-10,13,15,17,20,24,29H,11-12,14,16,18H2,1-5H3,(H,42,45)(H,47,48)/t20?,24-,29+/m1/s1. The first kappa shape index (κ1) is 35.5. The number of aryl methyl sites for hydroxylation is 2. The van der Waals surface area contributed by atoms with Gasteiger partial charge in [-0.2, -0.15) is 0 Å². The molecule has 13 heteroatoms. The van der Waals surface area contributed by atoms with Gasteiger partial charge in [0.2, 0.25) is 0 Å². The highest BCUT2D eigenvalue weighted by molar-refractivity contribution is 5.99. The second-order valence-corrected chi connectivity index (χ2v) is 12.6. The summed E-state index contributed by atoms with van der Waals surface area (Å²) in [5.74, 6) is -6.55. The molecule has 2 aromatic heterocycles. The molecule has 9 nitrogen and oxygen atoms in total. The summed E-state index contributed by atoms with van der Waals surface area (Å²) in [6, 6.07) is 8.36. The number of morpholine rings is 1. The summed E-state index contributed by atoms with van der Waals surface area (Å²) < 4.78 is 65.8. The number of pyridine rings is 2. The number of carboxylic acid groups (broad SMARTS) is 1. The minimum atomic E-state index is -3.35. The second-order valence-electron chi connectivity index (χ2n) is 12.6. The third kappa shape index (κ3) is 7.31. The van der Waals surface area contributed by atoms with Crippen LogP contribution in [0.1, 0.15) is 53.0 Å². The number of benzene rings is 2. The molecule has 3 atom stereocenters. The van der Waals surface area contributed by atoms with Crippen LogP contribution in [-0.4, -0.2) is 64.5 Å². The Hall–Kier alpha value is -4.78. The number of rotatable bonds is 10. The smallest absolute Gasteiger partial charge is 0.326 e. The largest absolute Gasteiger partial charge is 0.480 e. The van der Waals surface area contributed by atoms with Crippen molar-refractivity contribution in [1.29, 1.82) is 0 Å². The Morgan fingerprint density at radius 1 is 1.18 bits per heavy atom. The van der Waals surface area contributed by atoms with Crippen molar-refractivity contribution in [3.63, 3.8) is 0 Å². The number of amides is 1. The van der Waals surface area contributed by atoms with E-state index in [0.29, 0.717) is 42.4 Å². The predicted molar refractivity (Wildman–Crippen MR) is 178 cm³/mol. The number of aliphatic carboxylic acids is 1. The van der Waals surface area contributed by atoms with Crippen LogP contribution < -0.4 is 15.8 Å². The zero-order valence-corrected chi connectivity index (χ0v) is 27.8. The fourth-order valence-corrected chi connectivity index (χ4v) is 6.43. The van der Waals surface area contributed by atoms with E-state index in [9.17, 15) is 32.7 Å². The molecule has 5 rings (SSSR count). The number of hydrogen-bond donors (Lipinski definition) is 2. The van der Waals surface area contributed by atoms with E-state index in [1.54, 1.807) is 25.1 Å². The molecular weight excluding hydrogens is 644 g/mol. The number of fused-ring (bicyclic) bond motifs is 1. The average Bonchev–Trinajstić information content (AvgIpc) is 3.02. The predicted octanol–water partition coefficient (Wildman–Crippen LogP) is 5.85. The number of carboxylic acids is 1. The number of nitrogens with zero attached hydrogens (tertiary/aromatic N) is 3. The third-order valence-corrected chi connectivity index (χ3v) is 8.96. The van der Waals surface area contributed by atoms with Gasteiger partial charge in [0, 0.05) is 67.4 Å². The molecule has 1 saturated heterocycles. The highest BCUT2D eigenvalue weighted by atomic mass is 19.3. The summed E-state index contributed by atoms with van der Waals surface area (Å²) >= 11 is 0. The van der Waals surface area contributed by atoms with E-state index < -0.39 is 47.0 Å². The first-order chi connectivity index (χ1) is 23.1. The Morgan fingerprint density at radius 3 is 2.57 bits per heavy atom. The molecule has 0 bridgehead atoms. The normalized spacial score (nSPS) is 16.4. The number of halogens is 4. The number of nitrogens with one attached hydrogen (secondary N) is 1. The van der Waals surface area contributed by atoms with Gasteiger partial charge >= 0.3 is 5.97 Å². The number of anilines is 1. The zero-order valence-electron chi connectivity index (χ0n) is 27.8. The van der Waals surface area contributed by atoms with Crippen molar-refractivity contribution < 1.29 is 37.0 Å². The van der Waals surface area contributed by atoms with Crippen LogP contribution in [0.3, 0.4) is 0 Å². The van der Waals surface area contributed by atoms with Crippen LogP contribution in [0.4, 0.5) is 23.2 Å². The Labute approximate surface area is 280 Å². The van der Waals surface area contributed by atoms with E-state index in [-0.39, 0.29) is 53.3 Å². The van der Waals surface area contributed by atoms with Gasteiger partial charge < -0.3 is 24.6 Å². The van der Waals surface area contributed by atoms with Crippen LogP contribution in [0.25, 0.3) is 22.0 Å². The monoisotopic (exact) mass is 682 g/mol. The summed E-state index contributed by atoms with van der Waals surface area (Å²) in [5, 5.41) is 12.9. The minimum Gasteiger partial charge on any atom is -0.480 e. The summed E-state index contributed by atoms with van der Waals surface area (Å²) in [7, 11) is 1.48. The number of carbonyl (C=O) groups is 2. The lowest BCUT2D eigenvalue weighted by Crippen LogP contribution is -2.46. The Kier molecular flexibility index (Phi) is 10.1. The van der Waals surface area contributed by atoms with Crippen LogP contribution >= 0.6 is 0 Å². The maximum Gasteiger partial charge on any atom is 0.326 e. The molecule has 2 aromatic carbocycles. The van der Waals surface area contributed by atoms with Gasteiger partial charge in [0.05, 0.1) is 42.1 Å². The molecule has 1 unspecified atom stereocenters. The molecule has 2 N–H and O–H groups in total. The van der Waals surface area contributed by atoms with Crippen molar-refractivity contribution in [3.8, 4) is 11.1 Å². The van der Waals surface area contributed by atoms with Crippen LogP contribution in [-0.2, 0) is 28.9 Å². The van der Waals surface area contributed by atoms with Gasteiger partial charge in [-0.1, -0.05) is 18.2 Å². The fourth-order valence-electron chi connectivity index (χ4n) is 6.43. The van der Waals surface area contributed by atoms with Crippen LogP contribution in [0.5, 0.6) is 0 Å². The maximum absolute atomic E-state index is 15.6. The zero-order chi connectivity index (χ0) is 35.8. The van der Waals surface area contributed by atoms with Crippen LogP contribution in [0.2, 0.25) is 0 Å². The van der Waals surface area contributed by atoms with Crippen LogP contribution in [0.15, 0.2) is 53.5 Å². The Balaban J connectivity index is 1.47. The number of alkyl halides is 3. The summed E-state index contributed by atoms with van der Waals surface area (Å²) in [6.07, 6.45) is 0.251. The second kappa shape index (κ2) is 14.0. The van der Waals surface area contributed by atoms with Crippen molar-refractivity contribution in [2.75, 3.05) is 24.7 Å². The SMILES string of the molecule is Cc1cc(N2CCOC[C@H]2CC(C)F)cc(F)c1C(=O)N[C@@H](Cc1ccc(-c2c(C(C)(F)F)cc(C)n(C)c2=O)c2ncccc12)C(=O)O. The summed E-state index contributed by atoms with van der Waals surface area (Å²) in [6.45, 7) is 6.29. The lowest BCUT2D eigenvalue weighted by molar-refractivity contribution is -0.139. The average molecular weight is 683 g/mol. The van der Waals surface area contributed by atoms with E-state index in [1.807, 2.05) is 4.90 Å². The molecular formula is C36H38F4N4O5. The van der Waals surface area contributed by atoms with E-state index in [4.69, 9.17) is 4.74 Å². The number of hydrogen-bond acceptors (Lipinski definition) is 6. The number of ether oxygens (including phenoxy) is 1.